The van der Waals surface area contributed by atoms with Gasteiger partial charge in [-0.15, -0.1) is 0 Å². The second-order valence-corrected chi connectivity index (χ2v) is 14.1. The molecule has 2 unspecified atom stereocenters. The van der Waals surface area contributed by atoms with E-state index in [0.29, 0.717) is 53.0 Å². The van der Waals surface area contributed by atoms with Crippen LogP contribution in [-0.4, -0.2) is 69.5 Å². The summed E-state index contributed by atoms with van der Waals surface area (Å²) in [5.41, 5.74) is 6.43. The number of ether oxygens (including phenoxy) is 4. The van der Waals surface area contributed by atoms with Gasteiger partial charge in [0.2, 0.25) is 5.60 Å². The van der Waals surface area contributed by atoms with Crippen LogP contribution in [0, 0.1) is 41.5 Å². The third kappa shape index (κ3) is 8.93. The van der Waals surface area contributed by atoms with Gasteiger partial charge < -0.3 is 44.5 Å². The lowest BCUT2D eigenvalue weighted by Crippen LogP contribution is -2.45. The van der Waals surface area contributed by atoms with Crippen molar-refractivity contribution in [3.63, 3.8) is 0 Å². The average Bonchev–Trinajstić information content (AvgIpc) is 3.11. The highest BCUT2D eigenvalue weighted by atomic mass is 16.6. The molecule has 2 aliphatic rings. The van der Waals surface area contributed by atoms with Gasteiger partial charge in [-0.3, -0.25) is 0 Å². The van der Waals surface area contributed by atoms with E-state index in [1.807, 2.05) is 34.6 Å². The second kappa shape index (κ2) is 16.6. The SMILES string of the molecule is COC(=O)/C(C)=C/Cc1c(C)c(O)cc(C)c1O.COC(=O)C1(C)CCc2c(C)c(O)cc(C)c2O1.Cc1cc(O)c(C)c2c1OC(C)(CO)CC2. The number of carbonyl (C=O) groups is 2. The first-order chi connectivity index (χ1) is 24.2. The van der Waals surface area contributed by atoms with Crippen LogP contribution < -0.4 is 9.47 Å². The van der Waals surface area contributed by atoms with Crippen LogP contribution >= 0.6 is 0 Å². The number of hydrogen-bond acceptors (Lipinski definition) is 11. The molecule has 0 radical (unpaired) electrons. The number of carbonyl (C=O) groups excluding carboxylic acids is 2. The standard InChI is InChI=1S/2C14H18O4.C13H18O3/c1-8-7-11(15)9(2)10-5-6-14(3,13(16)17-4)18-12(8)10;1-8(14(17)18-4)5-6-11-10(3)12(15)7-9(2)13(11)16;1-8-6-11(15)9(2)10-4-5-13(3,7-14)16-12(8)10/h7,15H,5-6H2,1-4H3;5,7,15-16H,6H2,1-4H3;6,14-15H,4-5,7H2,1-3H3/b;8-5+;. The van der Waals surface area contributed by atoms with Crippen LogP contribution in [0.4, 0.5) is 0 Å². The lowest BCUT2D eigenvalue weighted by Gasteiger charge is -2.36. The van der Waals surface area contributed by atoms with E-state index < -0.39 is 17.2 Å². The van der Waals surface area contributed by atoms with Crippen LogP contribution in [0.15, 0.2) is 29.8 Å². The quantitative estimate of drug-likeness (QED) is 0.107. The summed E-state index contributed by atoms with van der Waals surface area (Å²) in [4.78, 5) is 23.0. The van der Waals surface area contributed by atoms with Crippen LogP contribution in [0.3, 0.4) is 0 Å². The highest BCUT2D eigenvalue weighted by Crippen LogP contribution is 2.42. The molecule has 0 amide bonds. The maximum Gasteiger partial charge on any atom is 0.349 e. The Morgan fingerprint density at radius 3 is 1.73 bits per heavy atom. The zero-order chi connectivity index (χ0) is 39.3. The van der Waals surface area contributed by atoms with E-state index in [4.69, 9.17) is 14.2 Å². The summed E-state index contributed by atoms with van der Waals surface area (Å²) >= 11 is 0. The molecule has 0 saturated carbocycles. The van der Waals surface area contributed by atoms with Crippen molar-refractivity contribution >= 4 is 11.9 Å². The Bertz CT molecular complexity index is 1830. The highest BCUT2D eigenvalue weighted by Gasteiger charge is 2.41. The molecule has 3 aromatic rings. The van der Waals surface area contributed by atoms with Gasteiger partial charge in [0.25, 0.3) is 0 Å². The number of methoxy groups -OCH3 is 2. The molecule has 0 saturated heterocycles. The molecule has 5 rings (SSSR count). The topological polar surface area (TPSA) is 172 Å². The van der Waals surface area contributed by atoms with E-state index in [1.165, 1.54) is 20.3 Å². The number of aryl methyl sites for hydroxylation is 3. The minimum Gasteiger partial charge on any atom is -0.508 e. The number of aliphatic hydroxyl groups excluding tert-OH is 1. The predicted octanol–water partition coefficient (Wildman–Crippen LogP) is 6.73. The minimum absolute atomic E-state index is 0.0196. The number of benzene rings is 3. The molecule has 5 N–H and O–H groups in total. The second-order valence-electron chi connectivity index (χ2n) is 14.1. The number of phenols is 4. The summed E-state index contributed by atoms with van der Waals surface area (Å²) in [5, 5.41) is 48.5. The van der Waals surface area contributed by atoms with E-state index in [2.05, 4.69) is 4.74 Å². The fourth-order valence-corrected chi connectivity index (χ4v) is 6.27. The lowest BCUT2D eigenvalue weighted by molar-refractivity contribution is -0.159. The minimum atomic E-state index is -0.935. The van der Waals surface area contributed by atoms with Gasteiger partial charge in [0.1, 0.15) is 40.1 Å². The summed E-state index contributed by atoms with van der Waals surface area (Å²) in [6, 6.07) is 4.90. The van der Waals surface area contributed by atoms with E-state index >= 15 is 0 Å². The largest absolute Gasteiger partial charge is 0.508 e. The summed E-state index contributed by atoms with van der Waals surface area (Å²) in [6.45, 7) is 16.3. The number of allylic oxidation sites excluding steroid dienone is 1. The van der Waals surface area contributed by atoms with Crippen molar-refractivity contribution < 1.29 is 54.1 Å². The van der Waals surface area contributed by atoms with Crippen LogP contribution in [0.1, 0.15) is 83.7 Å². The molecule has 0 fully saturated rings. The summed E-state index contributed by atoms with van der Waals surface area (Å²) in [7, 11) is 2.68. The van der Waals surface area contributed by atoms with Crippen molar-refractivity contribution in [2.45, 2.75) is 106 Å². The van der Waals surface area contributed by atoms with Crippen molar-refractivity contribution in [2.24, 2.45) is 0 Å². The van der Waals surface area contributed by atoms with Crippen LogP contribution in [-0.2, 0) is 38.3 Å². The number of phenolic OH excluding ortho intramolecular Hbond substituents is 4. The molecule has 0 spiro atoms. The van der Waals surface area contributed by atoms with Gasteiger partial charge in [-0.2, -0.15) is 0 Å². The Labute approximate surface area is 306 Å². The van der Waals surface area contributed by atoms with E-state index in [9.17, 15) is 35.1 Å². The fourth-order valence-electron chi connectivity index (χ4n) is 6.27. The summed E-state index contributed by atoms with van der Waals surface area (Å²) in [5.74, 6) is 1.66. The highest BCUT2D eigenvalue weighted by molar-refractivity contribution is 5.87. The molecule has 0 aromatic heterocycles. The van der Waals surface area contributed by atoms with Crippen molar-refractivity contribution in [2.75, 3.05) is 20.8 Å². The smallest absolute Gasteiger partial charge is 0.349 e. The first kappa shape index (κ1) is 41.5. The van der Waals surface area contributed by atoms with Crippen molar-refractivity contribution in [1.82, 2.24) is 0 Å². The van der Waals surface area contributed by atoms with E-state index in [1.54, 1.807) is 45.9 Å². The zero-order valence-corrected chi connectivity index (χ0v) is 32.2. The Morgan fingerprint density at radius 1 is 0.750 bits per heavy atom. The van der Waals surface area contributed by atoms with Crippen LogP contribution in [0.5, 0.6) is 34.5 Å². The summed E-state index contributed by atoms with van der Waals surface area (Å²) in [6.07, 6.45) is 4.91. The molecule has 2 heterocycles. The van der Waals surface area contributed by atoms with Crippen LogP contribution in [0.25, 0.3) is 0 Å². The molecule has 0 aliphatic carbocycles. The Balaban J connectivity index is 0.000000211. The lowest BCUT2D eigenvalue weighted by atomic mass is 9.89. The number of fused-ring (bicyclic) bond motifs is 2. The van der Waals surface area contributed by atoms with Crippen molar-refractivity contribution in [3.8, 4) is 34.5 Å². The molecule has 3 aromatic carbocycles. The molecular weight excluding hydrogens is 668 g/mol. The molecule has 2 aliphatic heterocycles. The van der Waals surface area contributed by atoms with Crippen LogP contribution in [0.2, 0.25) is 0 Å². The molecule has 11 heteroatoms. The molecule has 284 valence electrons. The van der Waals surface area contributed by atoms with Gasteiger partial charge in [-0.05, 0) is 140 Å². The Hall–Kier alpha value is -4.90. The average molecular weight is 723 g/mol. The monoisotopic (exact) mass is 722 g/mol. The third-order valence-electron chi connectivity index (χ3n) is 10.00. The van der Waals surface area contributed by atoms with E-state index in [0.717, 1.165) is 52.0 Å². The number of aromatic hydroxyl groups is 4. The first-order valence-electron chi connectivity index (χ1n) is 17.2. The number of aliphatic hydroxyl groups is 1. The van der Waals surface area contributed by atoms with Gasteiger partial charge in [0.15, 0.2) is 0 Å². The number of hydrogen-bond donors (Lipinski definition) is 5. The van der Waals surface area contributed by atoms with Gasteiger partial charge >= 0.3 is 11.9 Å². The Morgan fingerprint density at radius 2 is 1.23 bits per heavy atom. The predicted molar refractivity (Wildman–Crippen MR) is 198 cm³/mol. The van der Waals surface area contributed by atoms with E-state index in [-0.39, 0.29) is 29.8 Å². The van der Waals surface area contributed by atoms with Crippen molar-refractivity contribution in [3.05, 3.63) is 79.9 Å². The maximum absolute atomic E-state index is 11.8. The van der Waals surface area contributed by atoms with Gasteiger partial charge in [0, 0.05) is 28.7 Å². The number of esters is 2. The fraction of sp³-hybridized carbons (Fsp3) is 0.463. The Kier molecular flexibility index (Phi) is 13.3. The maximum atomic E-state index is 11.8. The van der Waals surface area contributed by atoms with Gasteiger partial charge in [-0.25, -0.2) is 9.59 Å². The van der Waals surface area contributed by atoms with Gasteiger partial charge in [0.05, 0.1) is 20.8 Å². The molecule has 11 nitrogen and oxygen atoms in total. The molecule has 0 bridgehead atoms. The zero-order valence-electron chi connectivity index (χ0n) is 32.2. The van der Waals surface area contributed by atoms with Crippen molar-refractivity contribution in [1.29, 1.82) is 0 Å². The van der Waals surface area contributed by atoms with Gasteiger partial charge in [-0.1, -0.05) is 6.08 Å². The molecule has 2 atom stereocenters. The summed E-state index contributed by atoms with van der Waals surface area (Å²) < 4.78 is 21.1. The molecular formula is C41H54O11. The number of rotatable bonds is 5. The normalized spacial score (nSPS) is 18.9. The third-order valence-corrected chi connectivity index (χ3v) is 10.00. The molecule has 52 heavy (non-hydrogen) atoms. The first-order valence-corrected chi connectivity index (χ1v) is 17.2.